The monoisotopic (exact) mass is 1640 g/mol. The number of nitrogens with zero attached hydrogens (tertiary/aromatic N) is 8. The molecular formula is C97H122N8O15. The highest BCUT2D eigenvalue weighted by Gasteiger charge is 2.35. The van der Waals surface area contributed by atoms with E-state index in [4.69, 9.17) is 28.4 Å². The molecule has 0 aliphatic rings. The van der Waals surface area contributed by atoms with Crippen molar-refractivity contribution in [2.45, 2.75) is 157 Å². The Hall–Kier alpha value is -11.4. The Morgan fingerprint density at radius 1 is 0.258 bits per heavy atom. The van der Waals surface area contributed by atoms with Crippen molar-refractivity contribution in [3.63, 3.8) is 0 Å². The number of esters is 1. The van der Waals surface area contributed by atoms with Crippen LogP contribution in [-0.2, 0) is 93.2 Å². The van der Waals surface area contributed by atoms with Gasteiger partial charge in [-0.3, -0.25) is 43.3 Å². The first-order chi connectivity index (χ1) is 57.7. The van der Waals surface area contributed by atoms with Gasteiger partial charge >= 0.3 is 12.1 Å². The van der Waals surface area contributed by atoms with Crippen LogP contribution in [0, 0.1) is 0 Å². The van der Waals surface area contributed by atoms with Crippen LogP contribution in [0.2, 0.25) is 0 Å². The molecule has 0 spiro atoms. The van der Waals surface area contributed by atoms with Crippen molar-refractivity contribution < 1.29 is 71.6 Å². The Kier molecular flexibility index (Phi) is 38.6. The zero-order valence-electron chi connectivity index (χ0n) is 71.6. The molecule has 23 nitrogen and oxygen atoms in total. The molecule has 0 saturated heterocycles. The van der Waals surface area contributed by atoms with Gasteiger partial charge in [-0.05, 0) is 114 Å². The maximum atomic E-state index is 15.6. The van der Waals surface area contributed by atoms with Crippen LogP contribution < -0.4 is 0 Å². The highest BCUT2D eigenvalue weighted by molar-refractivity contribution is 5.89. The van der Waals surface area contributed by atoms with Gasteiger partial charge in [-0.2, -0.15) is 0 Å². The summed E-state index contributed by atoms with van der Waals surface area (Å²) in [6.45, 7) is 17.0. The predicted octanol–water partition coefficient (Wildman–Crippen LogP) is 14.8. The van der Waals surface area contributed by atoms with Gasteiger partial charge in [-0.1, -0.05) is 243 Å². The van der Waals surface area contributed by atoms with Gasteiger partial charge in [-0.25, -0.2) is 4.79 Å². The number of hydrogen-bond donors (Lipinski definition) is 0. The SMILES string of the molecule is C[C@@H](c1ccccc1)N(CCC(=O)OC(C)(C)C)C(=O)CN(CCOCc1ccccc1)C(=O)CCN(C(=O)CN(CCOCc1ccccc1)C(=O)CCN(C(=O)CN(CCOCc1ccccc1)C(=O)CCN(C(=O)CN(CCOCc1ccccc1)C(=O)OC(C)(C)C)[C@@H](C)c1ccccc1)[C@@H](C)c1ccccc1)[C@@H](C)c1ccccc1. The summed E-state index contributed by atoms with van der Waals surface area (Å²) in [5, 5.41) is 0. The van der Waals surface area contributed by atoms with E-state index in [-0.39, 0.29) is 137 Å². The molecule has 0 aromatic heterocycles. The number of carbonyl (C=O) groups is 9. The van der Waals surface area contributed by atoms with E-state index in [1.54, 1.807) is 61.1 Å². The summed E-state index contributed by atoms with van der Waals surface area (Å²) in [5.74, 6) is -3.76. The van der Waals surface area contributed by atoms with Crippen molar-refractivity contribution in [1.82, 2.24) is 39.2 Å². The van der Waals surface area contributed by atoms with Crippen LogP contribution in [0.1, 0.15) is 164 Å². The fourth-order valence-electron chi connectivity index (χ4n) is 13.7. The first kappa shape index (κ1) is 94.1. The van der Waals surface area contributed by atoms with Gasteiger partial charge in [0.05, 0.1) is 103 Å². The third kappa shape index (κ3) is 32.7. The number of ether oxygens (including phenoxy) is 6. The van der Waals surface area contributed by atoms with Crippen LogP contribution in [-0.4, -0.2) is 209 Å². The van der Waals surface area contributed by atoms with Crippen LogP contribution in [0.25, 0.3) is 0 Å². The highest BCUT2D eigenvalue weighted by atomic mass is 16.6. The van der Waals surface area contributed by atoms with E-state index >= 15 is 28.8 Å². The van der Waals surface area contributed by atoms with Crippen LogP contribution in [0.3, 0.4) is 0 Å². The molecule has 0 fully saturated rings. The first-order valence-corrected chi connectivity index (χ1v) is 41.6. The van der Waals surface area contributed by atoms with Crippen molar-refractivity contribution in [2.75, 3.05) is 105 Å². The average Bonchev–Trinajstić information content (AvgIpc) is 0.835. The van der Waals surface area contributed by atoms with Gasteiger partial charge in [0, 0.05) is 71.6 Å². The van der Waals surface area contributed by atoms with Crippen molar-refractivity contribution in [1.29, 1.82) is 0 Å². The van der Waals surface area contributed by atoms with Crippen molar-refractivity contribution in [3.8, 4) is 0 Å². The molecule has 0 unspecified atom stereocenters. The fourth-order valence-corrected chi connectivity index (χ4v) is 13.7. The Labute approximate surface area is 709 Å². The molecule has 0 bridgehead atoms. The lowest BCUT2D eigenvalue weighted by Gasteiger charge is -2.35. The number of carbonyl (C=O) groups excluding carboxylic acids is 9. The maximum Gasteiger partial charge on any atom is 0.410 e. The molecule has 8 rings (SSSR count). The number of amides is 8. The van der Waals surface area contributed by atoms with Crippen molar-refractivity contribution >= 4 is 53.4 Å². The molecule has 8 aromatic rings. The van der Waals surface area contributed by atoms with Gasteiger partial charge in [0.1, 0.15) is 17.7 Å². The third-order valence-corrected chi connectivity index (χ3v) is 20.4. The Balaban J connectivity index is 1.06. The summed E-state index contributed by atoms with van der Waals surface area (Å²) in [5.41, 5.74) is 5.09. The average molecular weight is 1640 g/mol. The van der Waals surface area contributed by atoms with Crippen LogP contribution >= 0.6 is 0 Å². The summed E-state index contributed by atoms with van der Waals surface area (Å²) in [7, 11) is 0. The van der Waals surface area contributed by atoms with Crippen molar-refractivity contribution in [2.24, 2.45) is 0 Å². The molecule has 8 amide bonds. The molecule has 4 atom stereocenters. The van der Waals surface area contributed by atoms with Crippen LogP contribution in [0.4, 0.5) is 4.79 Å². The van der Waals surface area contributed by atoms with E-state index in [2.05, 4.69) is 0 Å². The standard InChI is InChI=1S/C97H122N8O15/c1-75(83-43-27-15-28-44-83)102(91(110)68-99(60-64-116-72-80-37-21-12-22-38-80)89(108)53-57-104(77(3)85-47-31-17-32-48-85)93(112)70-101(95(114)120-97(8,9)10)62-66-118-74-82-41-25-14-26-42-82)55-51-87(106)98(59-63-115-71-79-35-19-11-20-36-79)67-90(109)103(76(2)84-45-29-16-30-46-84)56-52-88(107)100(61-65-117-73-81-39-23-13-24-40-81)69-92(111)105(58-54-94(113)119-96(5,6)7)78(4)86-49-33-18-34-50-86/h11-50,75-78H,51-74H2,1-10H3/t75-,76-,77-,78-/m0/s1. The topological polar surface area (TPSA) is 235 Å². The minimum absolute atomic E-state index is 0.00213. The highest BCUT2D eigenvalue weighted by Crippen LogP contribution is 2.28. The lowest BCUT2D eigenvalue weighted by molar-refractivity contribution is -0.156. The zero-order valence-corrected chi connectivity index (χ0v) is 71.6. The molecule has 0 aliphatic heterocycles. The van der Waals surface area contributed by atoms with Gasteiger partial charge in [0.2, 0.25) is 41.4 Å². The molecule has 0 N–H and O–H groups in total. The second kappa shape index (κ2) is 49.3. The minimum atomic E-state index is -0.891. The quantitative estimate of drug-likeness (QED) is 0.0255. The van der Waals surface area contributed by atoms with Crippen LogP contribution in [0.5, 0.6) is 0 Å². The molecule has 0 heterocycles. The normalized spacial score (nSPS) is 12.3. The van der Waals surface area contributed by atoms with E-state index in [1.807, 2.05) is 270 Å². The summed E-state index contributed by atoms with van der Waals surface area (Å²) in [4.78, 5) is 146. The Morgan fingerprint density at radius 2 is 0.467 bits per heavy atom. The van der Waals surface area contributed by atoms with Gasteiger partial charge in [-0.15, -0.1) is 0 Å². The third-order valence-electron chi connectivity index (χ3n) is 20.4. The second-order valence-electron chi connectivity index (χ2n) is 31.8. The Bertz CT molecular complexity index is 4410. The number of benzene rings is 8. The zero-order chi connectivity index (χ0) is 86.2. The van der Waals surface area contributed by atoms with Crippen LogP contribution in [0.15, 0.2) is 243 Å². The first-order valence-electron chi connectivity index (χ1n) is 41.6. The van der Waals surface area contributed by atoms with E-state index < -0.39 is 108 Å². The van der Waals surface area contributed by atoms with Gasteiger partial charge in [0.25, 0.3) is 0 Å². The lowest BCUT2D eigenvalue weighted by atomic mass is 10.1. The fraction of sp³-hybridized carbons (Fsp3) is 0.412. The van der Waals surface area contributed by atoms with E-state index in [9.17, 15) is 14.4 Å². The summed E-state index contributed by atoms with van der Waals surface area (Å²) in [6.07, 6.45) is -1.58. The van der Waals surface area contributed by atoms with E-state index in [0.717, 1.165) is 44.5 Å². The predicted molar refractivity (Wildman–Crippen MR) is 463 cm³/mol. The maximum absolute atomic E-state index is 15.6. The smallest absolute Gasteiger partial charge is 0.410 e. The summed E-state index contributed by atoms with van der Waals surface area (Å²) >= 11 is 0. The molecule has 0 radical (unpaired) electrons. The molecule has 0 saturated carbocycles. The lowest BCUT2D eigenvalue weighted by Crippen LogP contribution is -2.49. The second-order valence-corrected chi connectivity index (χ2v) is 31.8. The Morgan fingerprint density at radius 3 is 0.700 bits per heavy atom. The molecule has 8 aromatic carbocycles. The van der Waals surface area contributed by atoms with Gasteiger partial charge < -0.3 is 62.7 Å². The minimum Gasteiger partial charge on any atom is -0.460 e. The van der Waals surface area contributed by atoms with Gasteiger partial charge in [0.15, 0.2) is 0 Å². The molecule has 23 heteroatoms. The largest absolute Gasteiger partial charge is 0.460 e. The summed E-state index contributed by atoms with van der Waals surface area (Å²) < 4.78 is 36.1. The molecule has 640 valence electrons. The van der Waals surface area contributed by atoms with Crippen molar-refractivity contribution in [3.05, 3.63) is 287 Å². The number of rotatable bonds is 48. The van der Waals surface area contributed by atoms with E-state index in [0.29, 0.717) is 0 Å². The molecule has 120 heavy (non-hydrogen) atoms. The van der Waals surface area contributed by atoms with E-state index in [1.165, 1.54) is 19.6 Å². The number of hydrogen-bond acceptors (Lipinski definition) is 15. The summed E-state index contributed by atoms with van der Waals surface area (Å²) in [6, 6.07) is 73.3. The molecule has 0 aliphatic carbocycles. The molecular weight excluding hydrogens is 1520 g/mol.